The number of ether oxygens (including phenoxy) is 1. The number of rotatable bonds is 4. The van der Waals surface area contributed by atoms with Gasteiger partial charge in [-0.25, -0.2) is 18.7 Å². The molecule has 1 fully saturated rings. The van der Waals surface area contributed by atoms with Gasteiger partial charge in [-0.2, -0.15) is 0 Å². The first kappa shape index (κ1) is 18.6. The number of methoxy groups -OCH3 is 1. The molecule has 0 bridgehead atoms. The normalized spacial score (nSPS) is 22.1. The van der Waals surface area contributed by atoms with Gasteiger partial charge in [0.25, 0.3) is 0 Å². The maximum atomic E-state index is 13.4. The Hall–Kier alpha value is -2.71. The second kappa shape index (κ2) is 7.37. The first-order valence-corrected chi connectivity index (χ1v) is 9.36. The van der Waals surface area contributed by atoms with Gasteiger partial charge in [-0.15, -0.1) is 0 Å². The average molecular weight is 391 g/mol. The zero-order valence-electron chi connectivity index (χ0n) is 15.9. The van der Waals surface area contributed by atoms with Gasteiger partial charge in [0, 0.05) is 19.0 Å². The molecule has 0 spiro atoms. The van der Waals surface area contributed by atoms with Crippen LogP contribution in [0, 0.1) is 12.8 Å². The SMILES string of the molecule is COc1nc(C2=NOCC(C3CCC(F)(F)CC3)N2)ccc1-n1cnc(C)c1. The summed E-state index contributed by atoms with van der Waals surface area (Å²) in [6.07, 6.45) is 4.37. The Morgan fingerprint density at radius 2 is 2.07 bits per heavy atom. The van der Waals surface area contributed by atoms with Gasteiger partial charge in [0.15, 0.2) is 5.84 Å². The molecule has 7 nitrogen and oxygen atoms in total. The highest BCUT2D eigenvalue weighted by atomic mass is 19.3. The summed E-state index contributed by atoms with van der Waals surface area (Å²) in [5.41, 5.74) is 2.22. The predicted molar refractivity (Wildman–Crippen MR) is 99.0 cm³/mol. The number of hydrogen-bond acceptors (Lipinski definition) is 6. The number of amidine groups is 1. The molecule has 0 amide bonds. The van der Waals surface area contributed by atoms with Crippen LogP contribution >= 0.6 is 0 Å². The lowest BCUT2D eigenvalue weighted by Gasteiger charge is -2.35. The van der Waals surface area contributed by atoms with Crippen LogP contribution in [-0.4, -0.2) is 46.1 Å². The number of oxime groups is 1. The summed E-state index contributed by atoms with van der Waals surface area (Å²) in [4.78, 5) is 14.1. The molecule has 2 aliphatic rings. The monoisotopic (exact) mass is 391 g/mol. The van der Waals surface area contributed by atoms with E-state index in [9.17, 15) is 8.78 Å². The Morgan fingerprint density at radius 1 is 1.29 bits per heavy atom. The Bertz CT molecular complexity index is 873. The first-order valence-electron chi connectivity index (χ1n) is 9.36. The molecule has 1 atom stereocenters. The molecule has 0 saturated heterocycles. The summed E-state index contributed by atoms with van der Waals surface area (Å²) in [7, 11) is 1.55. The highest BCUT2D eigenvalue weighted by Gasteiger charge is 2.39. The van der Waals surface area contributed by atoms with Crippen molar-refractivity contribution in [2.45, 2.75) is 44.6 Å². The number of nitrogens with zero attached hydrogens (tertiary/aromatic N) is 4. The minimum atomic E-state index is -2.54. The molecule has 2 aromatic heterocycles. The fraction of sp³-hybridized carbons (Fsp3) is 0.526. The van der Waals surface area contributed by atoms with Gasteiger partial charge in [0.2, 0.25) is 11.8 Å². The van der Waals surface area contributed by atoms with E-state index >= 15 is 0 Å². The molecule has 2 aromatic rings. The van der Waals surface area contributed by atoms with Gasteiger partial charge < -0.3 is 19.5 Å². The minimum absolute atomic E-state index is 0.0626. The summed E-state index contributed by atoms with van der Waals surface area (Å²) >= 11 is 0. The molecule has 1 saturated carbocycles. The van der Waals surface area contributed by atoms with Crippen molar-refractivity contribution in [3.63, 3.8) is 0 Å². The first-order chi connectivity index (χ1) is 13.4. The number of hydrogen-bond donors (Lipinski definition) is 1. The van der Waals surface area contributed by atoms with Crippen LogP contribution in [0.3, 0.4) is 0 Å². The van der Waals surface area contributed by atoms with E-state index in [1.54, 1.807) is 13.4 Å². The minimum Gasteiger partial charge on any atom is -0.479 e. The zero-order chi connectivity index (χ0) is 19.7. The molecule has 1 N–H and O–H groups in total. The van der Waals surface area contributed by atoms with Crippen LogP contribution in [0.25, 0.3) is 5.69 Å². The van der Waals surface area contributed by atoms with Crippen molar-refractivity contribution in [1.29, 1.82) is 0 Å². The number of imidazole rings is 1. The van der Waals surface area contributed by atoms with E-state index in [0.717, 1.165) is 11.4 Å². The number of pyridine rings is 1. The zero-order valence-corrected chi connectivity index (χ0v) is 15.9. The summed E-state index contributed by atoms with van der Waals surface area (Å²) in [6.45, 7) is 2.27. The number of aromatic nitrogens is 3. The summed E-state index contributed by atoms with van der Waals surface area (Å²) in [6, 6.07) is 3.63. The topological polar surface area (TPSA) is 73.6 Å². The Labute approximate surface area is 161 Å². The highest BCUT2D eigenvalue weighted by Crippen LogP contribution is 2.38. The van der Waals surface area contributed by atoms with Crippen molar-refractivity contribution in [1.82, 2.24) is 19.9 Å². The molecule has 28 heavy (non-hydrogen) atoms. The second-order valence-electron chi connectivity index (χ2n) is 7.33. The molecular weight excluding hydrogens is 368 g/mol. The van der Waals surface area contributed by atoms with Gasteiger partial charge in [0.1, 0.15) is 18.0 Å². The fourth-order valence-electron chi connectivity index (χ4n) is 3.73. The molecular formula is C19H23F2N5O2. The van der Waals surface area contributed by atoms with Gasteiger partial charge in [-0.05, 0) is 37.8 Å². The molecule has 4 rings (SSSR count). The maximum Gasteiger partial charge on any atom is 0.248 e. The van der Waals surface area contributed by atoms with Crippen LogP contribution in [-0.2, 0) is 4.84 Å². The van der Waals surface area contributed by atoms with Crippen molar-refractivity contribution in [2.24, 2.45) is 11.1 Å². The van der Waals surface area contributed by atoms with Crippen LogP contribution in [0.2, 0.25) is 0 Å². The van der Waals surface area contributed by atoms with E-state index < -0.39 is 5.92 Å². The van der Waals surface area contributed by atoms with E-state index in [-0.39, 0.29) is 24.8 Å². The quantitative estimate of drug-likeness (QED) is 0.867. The van der Waals surface area contributed by atoms with Gasteiger partial charge >= 0.3 is 0 Å². The molecule has 3 heterocycles. The number of alkyl halides is 2. The molecule has 1 aliphatic carbocycles. The van der Waals surface area contributed by atoms with Gasteiger partial charge in [-0.1, -0.05) is 5.16 Å². The summed E-state index contributed by atoms with van der Waals surface area (Å²) in [5.74, 6) is -1.50. The molecule has 0 radical (unpaired) electrons. The summed E-state index contributed by atoms with van der Waals surface area (Å²) < 4.78 is 34.2. The van der Waals surface area contributed by atoms with Crippen molar-refractivity contribution >= 4 is 5.84 Å². The van der Waals surface area contributed by atoms with Crippen LogP contribution in [0.5, 0.6) is 5.88 Å². The largest absolute Gasteiger partial charge is 0.479 e. The van der Waals surface area contributed by atoms with Crippen molar-refractivity contribution in [2.75, 3.05) is 13.7 Å². The smallest absolute Gasteiger partial charge is 0.248 e. The number of aryl methyl sites for hydroxylation is 1. The van der Waals surface area contributed by atoms with Gasteiger partial charge in [-0.3, -0.25) is 0 Å². The van der Waals surface area contributed by atoms with Crippen LogP contribution < -0.4 is 10.1 Å². The lowest BCUT2D eigenvalue weighted by molar-refractivity contribution is -0.0536. The highest BCUT2D eigenvalue weighted by molar-refractivity contribution is 5.97. The fourth-order valence-corrected chi connectivity index (χ4v) is 3.73. The van der Waals surface area contributed by atoms with Crippen molar-refractivity contribution in [3.05, 3.63) is 36.0 Å². The molecule has 150 valence electrons. The van der Waals surface area contributed by atoms with E-state index in [2.05, 4.69) is 20.4 Å². The third-order valence-electron chi connectivity index (χ3n) is 5.33. The molecule has 1 unspecified atom stereocenters. The van der Waals surface area contributed by atoms with E-state index in [4.69, 9.17) is 9.57 Å². The third-order valence-corrected chi connectivity index (χ3v) is 5.33. The summed E-state index contributed by atoms with van der Waals surface area (Å²) in [5, 5.41) is 7.40. The molecule has 0 aromatic carbocycles. The maximum absolute atomic E-state index is 13.4. The van der Waals surface area contributed by atoms with Gasteiger partial charge in [0.05, 0.1) is 25.2 Å². The third kappa shape index (κ3) is 3.79. The average Bonchev–Trinajstić information content (AvgIpc) is 3.13. The Morgan fingerprint density at radius 3 is 2.75 bits per heavy atom. The Balaban J connectivity index is 1.51. The Kier molecular flexibility index (Phi) is 4.91. The number of nitrogens with one attached hydrogen (secondary N) is 1. The molecule has 1 aliphatic heterocycles. The lowest BCUT2D eigenvalue weighted by atomic mass is 9.82. The molecule has 9 heteroatoms. The van der Waals surface area contributed by atoms with Crippen molar-refractivity contribution in [3.8, 4) is 11.6 Å². The van der Waals surface area contributed by atoms with Crippen LogP contribution in [0.15, 0.2) is 29.8 Å². The van der Waals surface area contributed by atoms with Crippen molar-refractivity contribution < 1.29 is 18.4 Å². The number of halogens is 2. The predicted octanol–water partition coefficient (Wildman–Crippen LogP) is 3.06. The standard InChI is InChI=1S/C19H23F2N5O2/c1-12-9-26(11-22-12)16-4-3-14(24-18(16)27-2)17-23-15(10-28-25-17)13-5-7-19(20,21)8-6-13/h3-4,9,11,13,15H,5-8,10H2,1-2H3,(H,23,25). The van der Waals surface area contributed by atoms with E-state index in [1.807, 2.05) is 29.8 Å². The lowest BCUT2D eigenvalue weighted by Crippen LogP contribution is -2.48. The van der Waals surface area contributed by atoms with E-state index in [1.165, 1.54) is 0 Å². The van der Waals surface area contributed by atoms with Crippen LogP contribution in [0.1, 0.15) is 37.1 Å². The second-order valence-corrected chi connectivity index (χ2v) is 7.33. The van der Waals surface area contributed by atoms with E-state index in [0.29, 0.717) is 36.9 Å². The van der Waals surface area contributed by atoms with Crippen LogP contribution in [0.4, 0.5) is 8.78 Å².